The molecule has 1 aliphatic rings. The predicted octanol–water partition coefficient (Wildman–Crippen LogP) is 12.6. The second-order valence-corrected chi connectivity index (χ2v) is 15.3. The number of para-hydroxylation sites is 1. The van der Waals surface area contributed by atoms with Crippen molar-refractivity contribution in [2.45, 2.75) is 107 Å². The smallest absolute Gasteiger partial charge is 0.164 e. The average molecular weight is 849 g/mol. The minimum absolute atomic E-state index is 0. The average Bonchev–Trinajstić information content (AvgIpc) is 3.60. The number of carbonyl (C=O) groups is 1. The first-order chi connectivity index (χ1) is 23.2. The summed E-state index contributed by atoms with van der Waals surface area (Å²) in [7, 11) is 0. The first-order valence-electron chi connectivity index (χ1n) is 18.2. The zero-order valence-electron chi connectivity index (χ0n) is 31.6. The number of aromatic nitrogens is 1. The van der Waals surface area contributed by atoms with Crippen molar-refractivity contribution in [3.05, 3.63) is 101 Å². The van der Waals surface area contributed by atoms with Crippen molar-refractivity contribution in [2.75, 3.05) is 0 Å². The Morgan fingerprint density at radius 2 is 1.60 bits per heavy atom. The minimum Gasteiger partial charge on any atom is -0.512 e. The normalized spacial score (nSPS) is 13.9. The van der Waals surface area contributed by atoms with Crippen molar-refractivity contribution in [1.29, 1.82) is 0 Å². The molecule has 6 rings (SSSR count). The Morgan fingerprint density at radius 1 is 0.940 bits per heavy atom. The number of ketones is 1. The van der Waals surface area contributed by atoms with Gasteiger partial charge in [-0.25, -0.2) is 0 Å². The van der Waals surface area contributed by atoms with Crippen LogP contribution in [0.4, 0.5) is 0 Å². The molecule has 0 saturated carbocycles. The summed E-state index contributed by atoms with van der Waals surface area (Å²) < 4.78 is 6.46. The van der Waals surface area contributed by atoms with Crippen LogP contribution >= 0.6 is 0 Å². The van der Waals surface area contributed by atoms with Gasteiger partial charge in [-0.15, -0.1) is 29.3 Å². The van der Waals surface area contributed by atoms with Crippen LogP contribution in [0.15, 0.2) is 83.1 Å². The van der Waals surface area contributed by atoms with Crippen LogP contribution in [0.2, 0.25) is 0 Å². The van der Waals surface area contributed by atoms with E-state index in [0.29, 0.717) is 5.92 Å². The number of hydrogen-bond donors (Lipinski definition) is 1. The maximum Gasteiger partial charge on any atom is 0.164 e. The molecule has 267 valence electrons. The summed E-state index contributed by atoms with van der Waals surface area (Å²) in [6, 6.07) is 25.0. The van der Waals surface area contributed by atoms with Gasteiger partial charge in [0.05, 0.1) is 5.76 Å². The fraction of sp³-hybridized carbons (Fsp3) is 0.422. The third kappa shape index (κ3) is 7.14. The van der Waals surface area contributed by atoms with Crippen LogP contribution < -0.4 is 0 Å². The largest absolute Gasteiger partial charge is 0.512 e. The Balaban J connectivity index is 0.000000269. The molecule has 2 heterocycles. The number of fused-ring (bicyclic) bond motifs is 6. The van der Waals surface area contributed by atoms with E-state index in [4.69, 9.17) is 9.40 Å². The molecule has 0 atom stereocenters. The number of allylic oxidation sites excluding steroid dienone is 2. The molecule has 5 aromatic rings. The molecule has 0 aliphatic heterocycles. The van der Waals surface area contributed by atoms with Gasteiger partial charge in [-0.2, -0.15) is 0 Å². The standard InChI is InChI=1S/C30H26NO.C15H28O2.Ir/c1-18(2)16-19-12-13-21-20(17-19)14-15-31-28(21)23-9-7-10-24-26(23)29-27(30(24,3)4)22-8-5-6-11-25(22)32-29;1-7-14(5,8-2)12(16)11-13(17)15(6,9-3)10-4;/h5-8,10-15,17-18H,16H2,1-4H3;11,16H,7-10H2,1-6H3;/q-1;;/b;12-11-;. The quantitative estimate of drug-likeness (QED) is 0.0864. The molecule has 0 saturated heterocycles. The van der Waals surface area contributed by atoms with E-state index in [1.54, 1.807) is 0 Å². The van der Waals surface area contributed by atoms with Crippen molar-refractivity contribution >= 4 is 27.5 Å². The van der Waals surface area contributed by atoms with E-state index in [-0.39, 0.29) is 47.9 Å². The summed E-state index contributed by atoms with van der Waals surface area (Å²) in [5, 5.41) is 13.7. The second-order valence-electron chi connectivity index (χ2n) is 15.3. The van der Waals surface area contributed by atoms with Crippen LogP contribution in [0.1, 0.15) is 112 Å². The van der Waals surface area contributed by atoms with E-state index in [9.17, 15) is 9.90 Å². The van der Waals surface area contributed by atoms with E-state index in [1.165, 1.54) is 33.5 Å². The van der Waals surface area contributed by atoms with Crippen molar-refractivity contribution in [1.82, 2.24) is 4.98 Å². The molecule has 0 spiro atoms. The molecule has 1 N–H and O–H groups in total. The molecule has 5 heteroatoms. The van der Waals surface area contributed by atoms with E-state index in [0.717, 1.165) is 65.7 Å². The molecule has 0 bridgehead atoms. The van der Waals surface area contributed by atoms with Gasteiger partial charge >= 0.3 is 0 Å². The summed E-state index contributed by atoms with van der Waals surface area (Å²) in [6.45, 7) is 21.2. The van der Waals surface area contributed by atoms with Crippen LogP contribution in [0.3, 0.4) is 0 Å². The maximum absolute atomic E-state index is 12.2. The van der Waals surface area contributed by atoms with Crippen molar-refractivity contribution in [3.8, 4) is 22.6 Å². The number of aliphatic hydroxyl groups excluding tert-OH is 1. The van der Waals surface area contributed by atoms with Crippen LogP contribution in [0, 0.1) is 22.8 Å². The fourth-order valence-corrected chi connectivity index (χ4v) is 7.13. The van der Waals surface area contributed by atoms with Gasteiger partial charge in [0.1, 0.15) is 11.3 Å². The van der Waals surface area contributed by atoms with Gasteiger partial charge in [-0.05, 0) is 72.2 Å². The summed E-state index contributed by atoms with van der Waals surface area (Å²) >= 11 is 0. The number of carbonyl (C=O) groups excluding carboxylic acids is 1. The van der Waals surface area contributed by atoms with E-state index >= 15 is 0 Å². The topological polar surface area (TPSA) is 63.3 Å². The number of rotatable bonds is 10. The molecule has 50 heavy (non-hydrogen) atoms. The second kappa shape index (κ2) is 15.4. The van der Waals surface area contributed by atoms with Crippen LogP contribution in [0.25, 0.3) is 44.3 Å². The van der Waals surface area contributed by atoms with Crippen LogP contribution in [-0.2, 0) is 36.7 Å². The summed E-state index contributed by atoms with van der Waals surface area (Å²) in [6.07, 6.45) is 7.75. The Labute approximate surface area is 313 Å². The third-order valence-electron chi connectivity index (χ3n) is 11.4. The SMILES string of the molecule is CC(C)Cc1ccc2c(-c3[c-]ccc4c3-c3oc5ccccc5c3C4(C)C)nccc2c1.CCC(C)(CC)C(=O)/C=C(\O)C(C)(CC)CC.[Ir]. The molecular weight excluding hydrogens is 795 g/mol. The van der Waals surface area contributed by atoms with Gasteiger partial charge in [0.15, 0.2) is 5.78 Å². The van der Waals surface area contributed by atoms with Crippen LogP contribution in [0.5, 0.6) is 0 Å². The molecule has 0 amide bonds. The van der Waals surface area contributed by atoms with E-state index in [1.807, 2.05) is 59.9 Å². The van der Waals surface area contributed by atoms with Crippen LogP contribution in [-0.4, -0.2) is 15.9 Å². The Bertz CT molecular complexity index is 2010. The number of hydrogen-bond acceptors (Lipinski definition) is 4. The number of furan rings is 1. The molecular formula is C45H54IrNO3-. The van der Waals surface area contributed by atoms with Gasteiger partial charge in [0.2, 0.25) is 0 Å². The minimum atomic E-state index is -0.337. The first kappa shape index (κ1) is 39.3. The van der Waals surface area contributed by atoms with Gasteiger partial charge < -0.3 is 14.5 Å². The molecule has 3 aromatic carbocycles. The van der Waals surface area contributed by atoms with Crippen molar-refractivity contribution in [3.63, 3.8) is 0 Å². The number of pyridine rings is 1. The van der Waals surface area contributed by atoms with Gasteiger partial charge in [-0.3, -0.25) is 4.79 Å². The fourth-order valence-electron chi connectivity index (χ4n) is 7.13. The monoisotopic (exact) mass is 849 g/mol. The van der Waals surface area contributed by atoms with Crippen molar-refractivity contribution in [2.24, 2.45) is 16.7 Å². The zero-order valence-corrected chi connectivity index (χ0v) is 34.0. The van der Waals surface area contributed by atoms with Gasteiger partial charge in [0, 0.05) is 59.6 Å². The molecule has 4 nitrogen and oxygen atoms in total. The molecule has 1 aliphatic carbocycles. The van der Waals surface area contributed by atoms with E-state index in [2.05, 4.69) is 82.3 Å². The third-order valence-corrected chi connectivity index (χ3v) is 11.4. The van der Waals surface area contributed by atoms with E-state index < -0.39 is 0 Å². The zero-order chi connectivity index (χ0) is 35.7. The predicted molar refractivity (Wildman–Crippen MR) is 205 cm³/mol. The molecule has 2 aromatic heterocycles. The Hall–Kier alpha value is -3.53. The molecule has 1 radical (unpaired) electrons. The molecule has 0 fully saturated rings. The number of nitrogens with zero attached hydrogens (tertiary/aromatic N) is 1. The van der Waals surface area contributed by atoms with Gasteiger partial charge in [-0.1, -0.05) is 111 Å². The van der Waals surface area contributed by atoms with Crippen molar-refractivity contribution < 1.29 is 34.4 Å². The maximum atomic E-state index is 12.2. The Kier molecular flexibility index (Phi) is 12.1. The van der Waals surface area contributed by atoms with Gasteiger partial charge in [0.25, 0.3) is 0 Å². The number of benzene rings is 3. The summed E-state index contributed by atoms with van der Waals surface area (Å²) in [5.74, 6) is 1.88. The first-order valence-corrected chi connectivity index (χ1v) is 18.2. The number of aliphatic hydroxyl groups is 1. The Morgan fingerprint density at radius 3 is 2.24 bits per heavy atom. The summed E-state index contributed by atoms with van der Waals surface area (Å²) in [5.41, 5.74) is 7.24. The summed E-state index contributed by atoms with van der Waals surface area (Å²) in [4.78, 5) is 17.0. The molecule has 0 unspecified atom stereocenters.